The molecule has 2 aliphatic rings. The van der Waals surface area contributed by atoms with E-state index in [2.05, 4.69) is 38.3 Å². The Hall–Kier alpha value is -1.90. The van der Waals surface area contributed by atoms with E-state index in [4.69, 9.17) is 28.1 Å². The molecular formula is C25H45N5O3S. The summed E-state index contributed by atoms with van der Waals surface area (Å²) in [6, 6.07) is -0.721. The van der Waals surface area contributed by atoms with E-state index in [9.17, 15) is 9.59 Å². The van der Waals surface area contributed by atoms with Crippen LogP contribution in [0.25, 0.3) is 0 Å². The van der Waals surface area contributed by atoms with Crippen LogP contribution in [0.15, 0.2) is 0 Å². The van der Waals surface area contributed by atoms with Crippen LogP contribution in [0.4, 0.5) is 4.79 Å². The van der Waals surface area contributed by atoms with Gasteiger partial charge in [-0.3, -0.25) is 10.2 Å². The quantitative estimate of drug-likeness (QED) is 0.208. The lowest BCUT2D eigenvalue weighted by Crippen LogP contribution is -2.58. The smallest absolute Gasteiger partial charge is 0.407 e. The van der Waals surface area contributed by atoms with Gasteiger partial charge < -0.3 is 26.0 Å². The van der Waals surface area contributed by atoms with Gasteiger partial charge in [-0.1, -0.05) is 39.9 Å². The van der Waals surface area contributed by atoms with E-state index < -0.39 is 12.1 Å². The predicted molar refractivity (Wildman–Crippen MR) is 140 cm³/mol. The molecule has 5 N–H and O–H groups in total. The van der Waals surface area contributed by atoms with Crippen molar-refractivity contribution in [1.29, 1.82) is 5.41 Å². The Morgan fingerprint density at radius 2 is 1.85 bits per heavy atom. The van der Waals surface area contributed by atoms with Crippen molar-refractivity contribution < 1.29 is 14.3 Å². The number of carbonyl (C=O) groups excluding carboxylic acids is 2. The number of alkyl carbamates (subject to hydrolysis) is 1. The maximum absolute atomic E-state index is 13.2. The zero-order chi connectivity index (χ0) is 25.5. The topological polar surface area (TPSA) is 121 Å². The molecule has 0 aromatic rings. The molecule has 1 aliphatic heterocycles. The lowest BCUT2D eigenvalue weighted by atomic mass is 9.77. The maximum atomic E-state index is 13.2. The first-order valence-corrected chi connectivity index (χ1v) is 13.2. The van der Waals surface area contributed by atoms with Crippen LogP contribution in [-0.4, -0.2) is 59.5 Å². The Kier molecular flexibility index (Phi) is 10.6. The summed E-state index contributed by atoms with van der Waals surface area (Å²) in [5.74, 6) is 1.33. The Labute approximate surface area is 210 Å². The summed E-state index contributed by atoms with van der Waals surface area (Å²) in [5, 5.41) is 13.8. The summed E-state index contributed by atoms with van der Waals surface area (Å²) in [6.07, 6.45) is 5.83. The van der Waals surface area contributed by atoms with Crippen molar-refractivity contribution in [3.63, 3.8) is 0 Å². The largest absolute Gasteiger partial charge is 0.450 e. The third kappa shape index (κ3) is 7.82. The third-order valence-electron chi connectivity index (χ3n) is 7.19. The Bertz CT molecular complexity index is 734. The van der Waals surface area contributed by atoms with E-state index in [0.29, 0.717) is 36.5 Å². The zero-order valence-electron chi connectivity index (χ0n) is 21.6. The van der Waals surface area contributed by atoms with Gasteiger partial charge in [-0.2, -0.15) is 0 Å². The standard InChI is InChI=1S/C25H45N5O3S/c1-6-33-24(32)29-20(25(4,5)14-16(2)3)23(34)30-13-7-8-19(30)22(31)28-15-17-9-11-18(12-10-17)21(26)27/h16-20H,6-15H2,1-5H3,(H3,26,27)(H,28,31)(H,29,32)/t17?,18?,19-,20+/m0/s1. The first-order chi connectivity index (χ1) is 16.0. The number of amidine groups is 1. The molecule has 0 unspecified atom stereocenters. The summed E-state index contributed by atoms with van der Waals surface area (Å²) in [5.41, 5.74) is 5.36. The molecule has 1 saturated carbocycles. The molecule has 9 heteroatoms. The van der Waals surface area contributed by atoms with Gasteiger partial charge in [-0.15, -0.1) is 0 Å². The van der Waals surface area contributed by atoms with Gasteiger partial charge >= 0.3 is 6.09 Å². The number of amides is 2. The second-order valence-corrected chi connectivity index (χ2v) is 11.4. The van der Waals surface area contributed by atoms with Crippen LogP contribution in [0.3, 0.4) is 0 Å². The highest BCUT2D eigenvalue weighted by molar-refractivity contribution is 7.80. The average molecular weight is 496 g/mol. The number of rotatable bonds is 10. The lowest BCUT2D eigenvalue weighted by Gasteiger charge is -2.40. The van der Waals surface area contributed by atoms with Crippen molar-refractivity contribution in [3.05, 3.63) is 0 Å². The second kappa shape index (κ2) is 12.7. The minimum Gasteiger partial charge on any atom is -0.450 e. The summed E-state index contributed by atoms with van der Waals surface area (Å²) in [7, 11) is 0. The van der Waals surface area contributed by atoms with Crippen molar-refractivity contribution in [2.45, 2.75) is 91.6 Å². The van der Waals surface area contributed by atoms with Crippen LogP contribution in [-0.2, 0) is 9.53 Å². The SMILES string of the molecule is CCOC(=O)N[C@H](C(=S)N1CCC[C@H]1C(=O)NCC1CCC(C(=N)N)CC1)C(C)(C)CC(C)C. The molecule has 1 aliphatic carbocycles. The van der Waals surface area contributed by atoms with Crippen LogP contribution in [0.5, 0.6) is 0 Å². The van der Waals surface area contributed by atoms with Gasteiger partial charge in [0.05, 0.1) is 18.5 Å². The second-order valence-electron chi connectivity index (χ2n) is 11.0. The molecule has 0 aromatic heterocycles. The number of nitrogens with zero attached hydrogens (tertiary/aromatic N) is 1. The molecule has 2 rings (SSSR count). The Morgan fingerprint density at radius 1 is 1.21 bits per heavy atom. The fourth-order valence-corrected chi connectivity index (χ4v) is 6.16. The Balaban J connectivity index is 2.04. The van der Waals surface area contributed by atoms with Crippen molar-refractivity contribution in [3.8, 4) is 0 Å². The molecule has 2 atom stereocenters. The number of carbonyl (C=O) groups is 2. The third-order valence-corrected chi connectivity index (χ3v) is 7.66. The summed E-state index contributed by atoms with van der Waals surface area (Å²) >= 11 is 5.93. The van der Waals surface area contributed by atoms with Crippen molar-refractivity contribution >= 4 is 35.0 Å². The average Bonchev–Trinajstić information content (AvgIpc) is 3.25. The lowest BCUT2D eigenvalue weighted by molar-refractivity contribution is -0.124. The van der Waals surface area contributed by atoms with Crippen LogP contribution in [0.2, 0.25) is 0 Å². The predicted octanol–water partition coefficient (Wildman–Crippen LogP) is 3.82. The highest BCUT2D eigenvalue weighted by atomic mass is 32.1. The van der Waals surface area contributed by atoms with Crippen molar-refractivity contribution in [2.24, 2.45) is 28.9 Å². The molecule has 1 saturated heterocycles. The van der Waals surface area contributed by atoms with Crippen LogP contribution < -0.4 is 16.4 Å². The van der Waals surface area contributed by atoms with E-state index in [1.807, 2.05) is 4.90 Å². The number of nitrogens with one attached hydrogen (secondary N) is 3. The molecule has 2 amide bonds. The van der Waals surface area contributed by atoms with E-state index >= 15 is 0 Å². The number of nitrogens with two attached hydrogens (primary N) is 1. The summed E-state index contributed by atoms with van der Waals surface area (Å²) in [6.45, 7) is 11.9. The fraction of sp³-hybridized carbons (Fsp3) is 0.840. The minimum atomic E-state index is -0.479. The van der Waals surface area contributed by atoms with Gasteiger partial charge in [0.25, 0.3) is 0 Å². The molecule has 8 nitrogen and oxygen atoms in total. The number of hydrogen-bond acceptors (Lipinski definition) is 5. The molecule has 2 fully saturated rings. The van der Waals surface area contributed by atoms with Gasteiger partial charge in [0.15, 0.2) is 0 Å². The minimum absolute atomic E-state index is 0.00471. The van der Waals surface area contributed by atoms with Gasteiger partial charge in [-0.05, 0) is 69.1 Å². The first-order valence-electron chi connectivity index (χ1n) is 12.8. The van der Waals surface area contributed by atoms with Crippen LogP contribution in [0, 0.1) is 28.6 Å². The van der Waals surface area contributed by atoms with E-state index in [1.54, 1.807) is 6.92 Å². The van der Waals surface area contributed by atoms with E-state index in [1.165, 1.54) is 0 Å². The monoisotopic (exact) mass is 495 g/mol. The zero-order valence-corrected chi connectivity index (χ0v) is 22.4. The molecule has 0 aromatic carbocycles. The molecule has 1 heterocycles. The van der Waals surface area contributed by atoms with Gasteiger partial charge in [0, 0.05) is 19.0 Å². The molecule has 34 heavy (non-hydrogen) atoms. The van der Waals surface area contributed by atoms with Crippen LogP contribution >= 0.6 is 12.2 Å². The number of hydrogen-bond donors (Lipinski definition) is 4. The normalized spacial score (nSPS) is 23.9. The van der Waals surface area contributed by atoms with Crippen LogP contribution in [0.1, 0.15) is 79.6 Å². The highest BCUT2D eigenvalue weighted by Crippen LogP contribution is 2.33. The molecule has 194 valence electrons. The van der Waals surface area contributed by atoms with E-state index in [0.717, 1.165) is 44.9 Å². The molecule has 0 bridgehead atoms. The van der Waals surface area contributed by atoms with Gasteiger partial charge in [0.1, 0.15) is 11.0 Å². The van der Waals surface area contributed by atoms with E-state index in [-0.39, 0.29) is 29.1 Å². The highest BCUT2D eigenvalue weighted by Gasteiger charge is 2.41. The first kappa shape index (κ1) is 28.3. The maximum Gasteiger partial charge on any atom is 0.407 e. The summed E-state index contributed by atoms with van der Waals surface area (Å²) in [4.78, 5) is 28.1. The number of ether oxygens (including phenoxy) is 1. The number of likely N-dealkylation sites (tertiary alicyclic amines) is 1. The van der Waals surface area contributed by atoms with Gasteiger partial charge in [0.2, 0.25) is 5.91 Å². The molecular weight excluding hydrogens is 450 g/mol. The van der Waals surface area contributed by atoms with Crippen molar-refractivity contribution in [1.82, 2.24) is 15.5 Å². The Morgan fingerprint density at radius 3 is 2.41 bits per heavy atom. The number of thiocarbonyl (C=S) groups is 1. The molecule has 0 radical (unpaired) electrons. The molecule has 0 spiro atoms. The van der Waals surface area contributed by atoms with Crippen molar-refractivity contribution in [2.75, 3.05) is 19.7 Å². The summed E-state index contributed by atoms with van der Waals surface area (Å²) < 4.78 is 5.16. The van der Waals surface area contributed by atoms with Gasteiger partial charge in [-0.25, -0.2) is 4.79 Å². The fourth-order valence-electron chi connectivity index (χ4n) is 5.56.